The lowest BCUT2D eigenvalue weighted by atomic mass is 10.1. The third-order valence-electron chi connectivity index (χ3n) is 3.38. The Morgan fingerprint density at radius 1 is 1.33 bits per heavy atom. The number of fused-ring (bicyclic) bond motifs is 1. The Morgan fingerprint density at radius 2 is 2.14 bits per heavy atom. The molecule has 21 heavy (non-hydrogen) atoms. The highest BCUT2D eigenvalue weighted by molar-refractivity contribution is 9.10. The Bertz CT molecular complexity index is 665. The molecule has 0 aliphatic carbocycles. The van der Waals surface area contributed by atoms with Crippen molar-refractivity contribution in [2.75, 3.05) is 6.54 Å². The highest BCUT2D eigenvalue weighted by Gasteiger charge is 2.23. The number of hydrogen-bond acceptors (Lipinski definition) is 2. The zero-order valence-electron chi connectivity index (χ0n) is 11.1. The molecule has 1 amide bonds. The summed E-state index contributed by atoms with van der Waals surface area (Å²) in [7, 11) is 0. The molecule has 0 saturated carbocycles. The quantitative estimate of drug-likeness (QED) is 0.922. The van der Waals surface area contributed by atoms with Crippen LogP contribution in [0.5, 0.6) is 5.75 Å². The van der Waals surface area contributed by atoms with E-state index in [0.717, 1.165) is 17.7 Å². The van der Waals surface area contributed by atoms with E-state index in [2.05, 4.69) is 21.2 Å². The topological polar surface area (TPSA) is 38.3 Å². The molecule has 0 spiro atoms. The standard InChI is InChI=1S/C16H13BrFNO2/c17-14-6-5-11(18)8-13(14)16(20)19-9-12-7-10-3-1-2-4-15(10)21-12/h1-6,8,12H,7,9H2,(H,19,20). The van der Waals surface area contributed by atoms with Gasteiger partial charge in [0.15, 0.2) is 0 Å². The minimum atomic E-state index is -0.437. The van der Waals surface area contributed by atoms with Crippen molar-refractivity contribution < 1.29 is 13.9 Å². The van der Waals surface area contributed by atoms with Crippen LogP contribution in [0.3, 0.4) is 0 Å². The van der Waals surface area contributed by atoms with E-state index in [1.54, 1.807) is 0 Å². The second kappa shape index (κ2) is 5.85. The van der Waals surface area contributed by atoms with Gasteiger partial charge in [0.05, 0.1) is 12.1 Å². The van der Waals surface area contributed by atoms with E-state index in [1.807, 2.05) is 24.3 Å². The normalized spacial score (nSPS) is 16.2. The molecule has 1 aliphatic rings. The summed E-state index contributed by atoms with van der Waals surface area (Å²) in [6, 6.07) is 11.9. The summed E-state index contributed by atoms with van der Waals surface area (Å²) >= 11 is 3.25. The van der Waals surface area contributed by atoms with Crippen molar-refractivity contribution in [2.24, 2.45) is 0 Å². The summed E-state index contributed by atoms with van der Waals surface area (Å²) in [6.07, 6.45) is 0.680. The molecule has 2 aromatic rings. The Hall–Kier alpha value is -1.88. The first-order chi connectivity index (χ1) is 10.1. The van der Waals surface area contributed by atoms with Crippen LogP contribution < -0.4 is 10.1 Å². The highest BCUT2D eigenvalue weighted by Crippen LogP contribution is 2.27. The zero-order valence-corrected chi connectivity index (χ0v) is 12.7. The average Bonchev–Trinajstić information content (AvgIpc) is 2.90. The summed E-state index contributed by atoms with van der Waals surface area (Å²) in [4.78, 5) is 12.1. The van der Waals surface area contributed by atoms with Crippen molar-refractivity contribution in [3.8, 4) is 5.75 Å². The zero-order chi connectivity index (χ0) is 14.8. The number of carbonyl (C=O) groups is 1. The van der Waals surface area contributed by atoms with Crippen LogP contribution in [-0.4, -0.2) is 18.6 Å². The lowest BCUT2D eigenvalue weighted by molar-refractivity contribution is 0.0932. The maximum atomic E-state index is 13.2. The van der Waals surface area contributed by atoms with Gasteiger partial charge in [-0.1, -0.05) is 18.2 Å². The molecule has 2 aromatic carbocycles. The van der Waals surface area contributed by atoms with Gasteiger partial charge in [0.2, 0.25) is 0 Å². The number of halogens is 2. The van der Waals surface area contributed by atoms with Crippen LogP contribution >= 0.6 is 15.9 Å². The van der Waals surface area contributed by atoms with Gasteiger partial charge < -0.3 is 10.1 Å². The molecule has 0 aromatic heterocycles. The maximum Gasteiger partial charge on any atom is 0.252 e. The van der Waals surface area contributed by atoms with E-state index in [-0.39, 0.29) is 17.6 Å². The van der Waals surface area contributed by atoms with Crippen molar-refractivity contribution in [1.29, 1.82) is 0 Å². The third kappa shape index (κ3) is 3.08. The number of rotatable bonds is 3. The first-order valence-corrected chi connectivity index (χ1v) is 7.40. The smallest absolute Gasteiger partial charge is 0.252 e. The second-order valence-electron chi connectivity index (χ2n) is 4.89. The van der Waals surface area contributed by atoms with Crippen molar-refractivity contribution >= 4 is 21.8 Å². The first-order valence-electron chi connectivity index (χ1n) is 6.61. The lowest BCUT2D eigenvalue weighted by Crippen LogP contribution is -2.34. The van der Waals surface area contributed by atoms with Gasteiger partial charge in [-0.25, -0.2) is 4.39 Å². The van der Waals surface area contributed by atoms with Crippen LogP contribution in [0.4, 0.5) is 4.39 Å². The number of ether oxygens (including phenoxy) is 1. The van der Waals surface area contributed by atoms with Crippen LogP contribution in [-0.2, 0) is 6.42 Å². The molecular formula is C16H13BrFNO2. The molecule has 3 nitrogen and oxygen atoms in total. The fraction of sp³-hybridized carbons (Fsp3) is 0.188. The summed E-state index contributed by atoms with van der Waals surface area (Å²) < 4.78 is 19.5. The Labute approximate surface area is 130 Å². The molecule has 0 radical (unpaired) electrons. The molecule has 1 unspecified atom stereocenters. The number of para-hydroxylation sites is 1. The summed E-state index contributed by atoms with van der Waals surface area (Å²) in [6.45, 7) is 0.385. The van der Waals surface area contributed by atoms with Crippen LogP contribution in [0.2, 0.25) is 0 Å². The maximum absolute atomic E-state index is 13.2. The van der Waals surface area contributed by atoms with E-state index in [0.29, 0.717) is 11.0 Å². The van der Waals surface area contributed by atoms with Gasteiger partial charge in [0, 0.05) is 10.9 Å². The molecule has 1 heterocycles. The van der Waals surface area contributed by atoms with Gasteiger partial charge >= 0.3 is 0 Å². The van der Waals surface area contributed by atoms with Gasteiger partial charge in [-0.3, -0.25) is 4.79 Å². The van der Waals surface area contributed by atoms with Gasteiger partial charge in [-0.05, 0) is 45.8 Å². The van der Waals surface area contributed by atoms with Crippen molar-refractivity contribution in [3.63, 3.8) is 0 Å². The summed E-state index contributed by atoms with van der Waals surface area (Å²) in [5, 5.41) is 2.78. The monoisotopic (exact) mass is 349 g/mol. The highest BCUT2D eigenvalue weighted by atomic mass is 79.9. The molecule has 5 heteroatoms. The number of benzene rings is 2. The number of amides is 1. The molecular weight excluding hydrogens is 337 g/mol. The largest absolute Gasteiger partial charge is 0.488 e. The van der Waals surface area contributed by atoms with Crippen LogP contribution in [0.15, 0.2) is 46.9 Å². The van der Waals surface area contributed by atoms with E-state index in [4.69, 9.17) is 4.74 Å². The van der Waals surface area contributed by atoms with Crippen LogP contribution in [0, 0.1) is 5.82 Å². The lowest BCUT2D eigenvalue weighted by Gasteiger charge is -2.12. The fourth-order valence-electron chi connectivity index (χ4n) is 2.34. The minimum Gasteiger partial charge on any atom is -0.488 e. The Kier molecular flexibility index (Phi) is 3.92. The Balaban J connectivity index is 1.61. The number of carbonyl (C=O) groups excluding carboxylic acids is 1. The molecule has 0 saturated heterocycles. The molecule has 3 rings (SSSR count). The molecule has 1 aliphatic heterocycles. The fourth-order valence-corrected chi connectivity index (χ4v) is 2.77. The SMILES string of the molecule is O=C(NCC1Cc2ccccc2O1)c1cc(F)ccc1Br. The predicted octanol–water partition coefficient (Wildman–Crippen LogP) is 3.32. The van der Waals surface area contributed by atoms with Crippen LogP contribution in [0.25, 0.3) is 0 Å². The van der Waals surface area contributed by atoms with Crippen molar-refractivity contribution in [1.82, 2.24) is 5.32 Å². The summed E-state index contributed by atoms with van der Waals surface area (Å²) in [5.41, 5.74) is 1.43. The van der Waals surface area contributed by atoms with Gasteiger partial charge in [-0.15, -0.1) is 0 Å². The van der Waals surface area contributed by atoms with Gasteiger partial charge in [0.25, 0.3) is 5.91 Å². The third-order valence-corrected chi connectivity index (χ3v) is 4.07. The van der Waals surface area contributed by atoms with E-state index < -0.39 is 5.82 Å². The molecule has 0 fully saturated rings. The van der Waals surface area contributed by atoms with Crippen molar-refractivity contribution in [3.05, 3.63) is 63.9 Å². The van der Waals surface area contributed by atoms with E-state index >= 15 is 0 Å². The van der Waals surface area contributed by atoms with Gasteiger partial charge in [-0.2, -0.15) is 0 Å². The first kappa shape index (κ1) is 14.1. The second-order valence-corrected chi connectivity index (χ2v) is 5.74. The average molecular weight is 350 g/mol. The molecule has 1 N–H and O–H groups in total. The predicted molar refractivity (Wildman–Crippen MR) is 81.0 cm³/mol. The summed E-state index contributed by atoms with van der Waals surface area (Å²) in [5.74, 6) is 0.109. The molecule has 1 atom stereocenters. The van der Waals surface area contributed by atoms with Gasteiger partial charge in [0.1, 0.15) is 17.7 Å². The van der Waals surface area contributed by atoms with Crippen molar-refractivity contribution in [2.45, 2.75) is 12.5 Å². The van der Waals surface area contributed by atoms with E-state index in [1.165, 1.54) is 18.2 Å². The number of hydrogen-bond donors (Lipinski definition) is 1. The Morgan fingerprint density at radius 3 is 2.95 bits per heavy atom. The molecule has 0 bridgehead atoms. The molecule has 108 valence electrons. The van der Waals surface area contributed by atoms with E-state index in [9.17, 15) is 9.18 Å². The number of nitrogens with one attached hydrogen (secondary N) is 1. The van der Waals surface area contributed by atoms with Crippen LogP contribution in [0.1, 0.15) is 15.9 Å². The minimum absolute atomic E-state index is 0.0846.